The minimum Gasteiger partial charge on any atom is -0.462 e. The molecule has 1 N–H and O–H groups in total. The molecule has 0 saturated carbocycles. The van der Waals surface area contributed by atoms with Crippen LogP contribution in [0.25, 0.3) is 0 Å². The molecule has 0 aliphatic rings. The molecule has 2 heterocycles. The van der Waals surface area contributed by atoms with E-state index in [1.165, 1.54) is 6.20 Å². The zero-order valence-electron chi connectivity index (χ0n) is 12.0. The molecule has 2 aromatic heterocycles. The number of nitrogens with one attached hydrogen (secondary N) is 1. The van der Waals surface area contributed by atoms with Crippen LogP contribution in [-0.2, 0) is 11.8 Å². The molecule has 20 heavy (non-hydrogen) atoms. The monoisotopic (exact) mass is 275 g/mol. The summed E-state index contributed by atoms with van der Waals surface area (Å²) in [6.07, 6.45) is 3.31. The van der Waals surface area contributed by atoms with Crippen molar-refractivity contribution in [2.24, 2.45) is 7.05 Å². The first-order valence-corrected chi connectivity index (χ1v) is 6.29. The molecule has 0 saturated heterocycles. The molecule has 0 bridgehead atoms. The Balaban J connectivity index is 2.21. The van der Waals surface area contributed by atoms with Gasteiger partial charge in [-0.25, -0.2) is 14.8 Å². The van der Waals surface area contributed by atoms with Gasteiger partial charge in [0.2, 0.25) is 5.95 Å². The van der Waals surface area contributed by atoms with Crippen LogP contribution < -0.4 is 5.32 Å². The van der Waals surface area contributed by atoms with E-state index in [1.54, 1.807) is 18.5 Å². The summed E-state index contributed by atoms with van der Waals surface area (Å²) in [5, 5.41) is 7.30. The maximum Gasteiger partial charge on any atom is 0.341 e. The largest absolute Gasteiger partial charge is 0.462 e. The average molecular weight is 275 g/mol. The van der Waals surface area contributed by atoms with Crippen LogP contribution >= 0.6 is 0 Å². The zero-order chi connectivity index (χ0) is 14.7. The van der Waals surface area contributed by atoms with Crippen molar-refractivity contribution in [2.75, 3.05) is 11.9 Å². The van der Waals surface area contributed by atoms with Crippen LogP contribution in [0.1, 0.15) is 28.7 Å². The molecule has 7 heteroatoms. The quantitative estimate of drug-likeness (QED) is 0.856. The first-order valence-electron chi connectivity index (χ1n) is 6.29. The Morgan fingerprint density at radius 3 is 2.70 bits per heavy atom. The second-order valence-electron chi connectivity index (χ2n) is 4.34. The van der Waals surface area contributed by atoms with Gasteiger partial charge in [0.05, 0.1) is 29.2 Å². The van der Waals surface area contributed by atoms with E-state index in [0.717, 1.165) is 11.4 Å². The summed E-state index contributed by atoms with van der Waals surface area (Å²) >= 11 is 0. The van der Waals surface area contributed by atoms with Gasteiger partial charge in [0.15, 0.2) is 0 Å². The first kappa shape index (κ1) is 14.0. The van der Waals surface area contributed by atoms with Crippen LogP contribution in [0, 0.1) is 13.8 Å². The van der Waals surface area contributed by atoms with Crippen LogP contribution in [0.3, 0.4) is 0 Å². The van der Waals surface area contributed by atoms with Crippen molar-refractivity contribution in [2.45, 2.75) is 20.8 Å². The highest BCUT2D eigenvalue weighted by atomic mass is 16.5. The number of esters is 1. The molecule has 106 valence electrons. The Labute approximate surface area is 117 Å². The van der Waals surface area contributed by atoms with Gasteiger partial charge in [-0.1, -0.05) is 0 Å². The van der Waals surface area contributed by atoms with Crippen molar-refractivity contribution in [3.63, 3.8) is 0 Å². The van der Waals surface area contributed by atoms with Crippen molar-refractivity contribution in [3.8, 4) is 0 Å². The minimum atomic E-state index is -0.408. The number of aryl methyl sites for hydroxylation is 3. The van der Waals surface area contributed by atoms with E-state index in [2.05, 4.69) is 20.4 Å². The highest BCUT2D eigenvalue weighted by molar-refractivity contribution is 5.90. The van der Waals surface area contributed by atoms with Gasteiger partial charge in [0.25, 0.3) is 0 Å². The number of ether oxygens (including phenoxy) is 1. The fourth-order valence-electron chi connectivity index (χ4n) is 1.78. The summed E-state index contributed by atoms with van der Waals surface area (Å²) in [5.74, 6) is 0.0146. The number of hydrogen-bond acceptors (Lipinski definition) is 6. The summed E-state index contributed by atoms with van der Waals surface area (Å²) in [6.45, 7) is 5.72. The van der Waals surface area contributed by atoms with Gasteiger partial charge >= 0.3 is 5.97 Å². The van der Waals surface area contributed by atoms with Gasteiger partial charge in [0, 0.05) is 19.4 Å². The summed E-state index contributed by atoms with van der Waals surface area (Å²) < 4.78 is 6.64. The molecule has 0 aliphatic carbocycles. The number of carbonyl (C=O) groups excluding carboxylic acids is 1. The predicted octanol–water partition coefficient (Wildman–Crippen LogP) is 1.75. The molecule has 0 fully saturated rings. The fourth-order valence-corrected chi connectivity index (χ4v) is 1.78. The SMILES string of the molecule is CCOC(=O)c1cnc(Nc2cn(C)nc2C)nc1C. The van der Waals surface area contributed by atoms with Crippen LogP contribution in [-0.4, -0.2) is 32.3 Å². The molecule has 2 rings (SSSR count). The van der Waals surface area contributed by atoms with Crippen LogP contribution in [0.5, 0.6) is 0 Å². The molecular weight excluding hydrogens is 258 g/mol. The Hall–Kier alpha value is -2.44. The highest BCUT2D eigenvalue weighted by Gasteiger charge is 2.13. The third-order valence-corrected chi connectivity index (χ3v) is 2.73. The molecule has 0 aliphatic heterocycles. The summed E-state index contributed by atoms with van der Waals surface area (Å²) in [6, 6.07) is 0. The van der Waals surface area contributed by atoms with E-state index in [9.17, 15) is 4.79 Å². The third kappa shape index (κ3) is 2.93. The Morgan fingerprint density at radius 1 is 1.40 bits per heavy atom. The molecule has 0 spiro atoms. The van der Waals surface area contributed by atoms with Crippen molar-refractivity contribution >= 4 is 17.6 Å². The maximum absolute atomic E-state index is 11.7. The van der Waals surface area contributed by atoms with Gasteiger partial charge in [-0.2, -0.15) is 5.10 Å². The van der Waals surface area contributed by atoms with Crippen LogP contribution in [0.4, 0.5) is 11.6 Å². The molecule has 0 radical (unpaired) electrons. The second-order valence-corrected chi connectivity index (χ2v) is 4.34. The van der Waals surface area contributed by atoms with Crippen LogP contribution in [0.2, 0.25) is 0 Å². The smallest absolute Gasteiger partial charge is 0.341 e. The summed E-state index contributed by atoms with van der Waals surface area (Å²) in [7, 11) is 1.84. The lowest BCUT2D eigenvalue weighted by atomic mass is 10.2. The molecule has 0 amide bonds. The first-order chi connectivity index (χ1) is 9.51. The van der Waals surface area contributed by atoms with E-state index in [0.29, 0.717) is 23.8 Å². The Kier molecular flexibility index (Phi) is 3.97. The second kappa shape index (κ2) is 5.68. The Bertz CT molecular complexity index is 636. The molecule has 7 nitrogen and oxygen atoms in total. The summed E-state index contributed by atoms with van der Waals surface area (Å²) in [5.41, 5.74) is 2.63. The Morgan fingerprint density at radius 2 is 2.15 bits per heavy atom. The topological polar surface area (TPSA) is 81.9 Å². The van der Waals surface area contributed by atoms with E-state index in [1.807, 2.05) is 20.2 Å². The lowest BCUT2D eigenvalue weighted by Gasteiger charge is -2.07. The normalized spacial score (nSPS) is 10.4. The molecule has 0 aromatic carbocycles. The number of aromatic nitrogens is 4. The third-order valence-electron chi connectivity index (χ3n) is 2.73. The van der Waals surface area contributed by atoms with Gasteiger partial charge in [-0.3, -0.25) is 4.68 Å². The van der Waals surface area contributed by atoms with Crippen molar-refractivity contribution < 1.29 is 9.53 Å². The van der Waals surface area contributed by atoms with Crippen molar-refractivity contribution in [3.05, 3.63) is 29.3 Å². The van der Waals surface area contributed by atoms with Crippen molar-refractivity contribution in [1.82, 2.24) is 19.7 Å². The van der Waals surface area contributed by atoms with E-state index in [4.69, 9.17) is 4.74 Å². The minimum absolute atomic E-state index is 0.327. The predicted molar refractivity (Wildman–Crippen MR) is 74.0 cm³/mol. The van der Waals surface area contributed by atoms with Gasteiger partial charge in [0.1, 0.15) is 0 Å². The highest BCUT2D eigenvalue weighted by Crippen LogP contribution is 2.17. The van der Waals surface area contributed by atoms with Gasteiger partial charge in [-0.05, 0) is 20.8 Å². The lowest BCUT2D eigenvalue weighted by Crippen LogP contribution is -2.10. The average Bonchev–Trinajstić information content (AvgIpc) is 2.68. The molecular formula is C13H17N5O2. The van der Waals surface area contributed by atoms with E-state index >= 15 is 0 Å². The van der Waals surface area contributed by atoms with Gasteiger partial charge < -0.3 is 10.1 Å². The molecule has 0 unspecified atom stereocenters. The summed E-state index contributed by atoms with van der Waals surface area (Å²) in [4.78, 5) is 20.0. The fraction of sp³-hybridized carbons (Fsp3) is 0.385. The number of hydrogen-bond donors (Lipinski definition) is 1. The zero-order valence-corrected chi connectivity index (χ0v) is 12.0. The maximum atomic E-state index is 11.7. The van der Waals surface area contributed by atoms with E-state index < -0.39 is 5.97 Å². The molecule has 2 aromatic rings. The van der Waals surface area contributed by atoms with Crippen molar-refractivity contribution in [1.29, 1.82) is 0 Å². The number of nitrogens with zero attached hydrogens (tertiary/aromatic N) is 4. The van der Waals surface area contributed by atoms with Gasteiger partial charge in [-0.15, -0.1) is 0 Å². The number of rotatable bonds is 4. The number of carbonyl (C=O) groups is 1. The van der Waals surface area contributed by atoms with E-state index in [-0.39, 0.29) is 0 Å². The molecule has 0 atom stereocenters. The number of anilines is 2. The lowest BCUT2D eigenvalue weighted by molar-refractivity contribution is 0.0524. The van der Waals surface area contributed by atoms with Crippen LogP contribution in [0.15, 0.2) is 12.4 Å². The standard InChI is InChI=1S/C13H17N5O2/c1-5-20-12(19)10-6-14-13(15-8(10)2)16-11-7-18(4)17-9(11)3/h6-7H,5H2,1-4H3,(H,14,15,16).